The second-order valence-corrected chi connectivity index (χ2v) is 7.54. The fourth-order valence-electron chi connectivity index (χ4n) is 4.07. The topological polar surface area (TPSA) is 59.0 Å². The van der Waals surface area contributed by atoms with Crippen molar-refractivity contribution in [3.05, 3.63) is 46.5 Å². The van der Waals surface area contributed by atoms with Crippen LogP contribution in [0.1, 0.15) is 47.1 Å². The molecule has 1 saturated heterocycles. The Labute approximate surface area is 165 Å². The van der Waals surface area contributed by atoms with E-state index in [9.17, 15) is 9.18 Å². The number of hydrogen-bond donors (Lipinski definition) is 2. The summed E-state index contributed by atoms with van der Waals surface area (Å²) in [7, 11) is 0. The number of carbonyl (C=O) groups is 1. The first-order valence-corrected chi connectivity index (χ1v) is 9.43. The van der Waals surface area contributed by atoms with Gasteiger partial charge < -0.3 is 10.6 Å². The maximum atomic E-state index is 14.5. The predicted molar refractivity (Wildman–Crippen MR) is 105 cm³/mol. The van der Waals surface area contributed by atoms with Gasteiger partial charge in [-0.3, -0.25) is 4.79 Å². The van der Waals surface area contributed by atoms with Crippen LogP contribution in [-0.2, 0) is 12.8 Å². The Morgan fingerprint density at radius 1 is 1.37 bits per heavy atom. The van der Waals surface area contributed by atoms with E-state index in [1.54, 1.807) is 10.7 Å². The molecule has 2 N–H and O–H groups in total. The number of hydrogen-bond acceptors (Lipinski definition) is 3. The Morgan fingerprint density at radius 2 is 2.19 bits per heavy atom. The molecule has 0 saturated carbocycles. The van der Waals surface area contributed by atoms with E-state index in [1.807, 2.05) is 13.0 Å². The van der Waals surface area contributed by atoms with Gasteiger partial charge in [-0.25, -0.2) is 9.07 Å². The molecule has 0 bridgehead atoms. The summed E-state index contributed by atoms with van der Waals surface area (Å²) >= 11 is 0. The van der Waals surface area contributed by atoms with Crippen LogP contribution >= 0.6 is 12.4 Å². The SMILES string of the molecule is Cc1ccc(-n2nc(C(=O)NC3CCNCC3C)c3c2CCC3)c(F)c1.Cl. The number of rotatable bonds is 3. The molecule has 1 aromatic carbocycles. The minimum atomic E-state index is -0.305. The van der Waals surface area contributed by atoms with Gasteiger partial charge in [0.05, 0.1) is 0 Å². The van der Waals surface area contributed by atoms with E-state index in [4.69, 9.17) is 0 Å². The molecule has 1 fully saturated rings. The van der Waals surface area contributed by atoms with Crippen LogP contribution in [0, 0.1) is 18.7 Å². The van der Waals surface area contributed by atoms with Crippen molar-refractivity contribution in [3.63, 3.8) is 0 Å². The van der Waals surface area contributed by atoms with Gasteiger partial charge in [-0.05, 0) is 69.3 Å². The maximum absolute atomic E-state index is 14.5. The highest BCUT2D eigenvalue weighted by atomic mass is 35.5. The number of nitrogens with zero attached hydrogens (tertiary/aromatic N) is 2. The molecular weight excluding hydrogens is 367 g/mol. The molecule has 2 aliphatic rings. The molecule has 7 heteroatoms. The Balaban J connectivity index is 0.00000210. The van der Waals surface area contributed by atoms with E-state index < -0.39 is 0 Å². The normalized spacial score (nSPS) is 21.4. The summed E-state index contributed by atoms with van der Waals surface area (Å²) in [4.78, 5) is 12.9. The monoisotopic (exact) mass is 392 g/mol. The van der Waals surface area contributed by atoms with Crippen molar-refractivity contribution in [1.82, 2.24) is 20.4 Å². The molecule has 27 heavy (non-hydrogen) atoms. The summed E-state index contributed by atoms with van der Waals surface area (Å²) in [6.45, 7) is 5.82. The number of amides is 1. The highest BCUT2D eigenvalue weighted by Crippen LogP contribution is 2.29. The molecule has 0 radical (unpaired) electrons. The van der Waals surface area contributed by atoms with E-state index >= 15 is 0 Å². The van der Waals surface area contributed by atoms with Gasteiger partial charge in [0.25, 0.3) is 5.91 Å². The zero-order chi connectivity index (χ0) is 18.3. The van der Waals surface area contributed by atoms with Crippen LogP contribution in [0.5, 0.6) is 0 Å². The minimum absolute atomic E-state index is 0. The number of nitrogens with one attached hydrogen (secondary N) is 2. The second kappa shape index (κ2) is 7.98. The second-order valence-electron chi connectivity index (χ2n) is 7.54. The van der Waals surface area contributed by atoms with E-state index in [-0.39, 0.29) is 30.2 Å². The van der Waals surface area contributed by atoms with Crippen LogP contribution in [0.4, 0.5) is 4.39 Å². The summed E-state index contributed by atoms with van der Waals surface area (Å²) in [6, 6.07) is 5.28. The Kier molecular flexibility index (Phi) is 5.86. The van der Waals surface area contributed by atoms with Crippen molar-refractivity contribution in [3.8, 4) is 5.69 Å². The average Bonchev–Trinajstić information content (AvgIpc) is 3.20. The molecule has 146 valence electrons. The zero-order valence-corrected chi connectivity index (χ0v) is 16.5. The van der Waals surface area contributed by atoms with Crippen LogP contribution in [0.2, 0.25) is 0 Å². The third-order valence-electron chi connectivity index (χ3n) is 5.58. The summed E-state index contributed by atoms with van der Waals surface area (Å²) in [6.07, 6.45) is 3.55. The molecule has 0 spiro atoms. The zero-order valence-electron chi connectivity index (χ0n) is 15.7. The number of benzene rings is 1. The van der Waals surface area contributed by atoms with Crippen LogP contribution in [-0.4, -0.2) is 34.8 Å². The van der Waals surface area contributed by atoms with Gasteiger partial charge in [0.2, 0.25) is 0 Å². The minimum Gasteiger partial charge on any atom is -0.348 e. The van der Waals surface area contributed by atoms with Crippen LogP contribution in [0.25, 0.3) is 5.69 Å². The summed E-state index contributed by atoms with van der Waals surface area (Å²) in [5.41, 5.74) is 3.69. The van der Waals surface area contributed by atoms with E-state index in [1.165, 1.54) is 6.07 Å². The highest BCUT2D eigenvalue weighted by molar-refractivity contribution is 5.94. The molecule has 1 amide bonds. The molecule has 1 aromatic heterocycles. The summed E-state index contributed by atoms with van der Waals surface area (Å²) < 4.78 is 16.1. The van der Waals surface area contributed by atoms with E-state index in [0.717, 1.165) is 55.6 Å². The first-order valence-electron chi connectivity index (χ1n) is 9.43. The Hall–Kier alpha value is -1.92. The lowest BCUT2D eigenvalue weighted by atomic mass is 9.95. The van der Waals surface area contributed by atoms with Crippen LogP contribution in [0.15, 0.2) is 18.2 Å². The first kappa shape index (κ1) is 19.8. The van der Waals surface area contributed by atoms with Crippen LogP contribution in [0.3, 0.4) is 0 Å². The predicted octanol–water partition coefficient (Wildman–Crippen LogP) is 2.96. The lowest BCUT2D eigenvalue weighted by Crippen LogP contribution is -2.48. The van der Waals surface area contributed by atoms with Crippen molar-refractivity contribution in [2.24, 2.45) is 5.92 Å². The molecule has 1 aliphatic carbocycles. The molecule has 2 aromatic rings. The van der Waals surface area contributed by atoms with Crippen molar-refractivity contribution < 1.29 is 9.18 Å². The number of halogens is 2. The fourth-order valence-corrected chi connectivity index (χ4v) is 4.07. The third kappa shape index (κ3) is 3.73. The van der Waals surface area contributed by atoms with Gasteiger partial charge in [0, 0.05) is 17.3 Å². The highest BCUT2D eigenvalue weighted by Gasteiger charge is 2.30. The van der Waals surface area contributed by atoms with Gasteiger partial charge in [-0.2, -0.15) is 5.10 Å². The lowest BCUT2D eigenvalue weighted by Gasteiger charge is -2.30. The summed E-state index contributed by atoms with van der Waals surface area (Å²) in [5, 5.41) is 11.0. The molecule has 4 rings (SSSR count). The number of fused-ring (bicyclic) bond motifs is 1. The van der Waals surface area contributed by atoms with Crippen molar-refractivity contribution in [2.45, 2.75) is 45.6 Å². The van der Waals surface area contributed by atoms with E-state index in [0.29, 0.717) is 17.3 Å². The van der Waals surface area contributed by atoms with Crippen molar-refractivity contribution in [2.75, 3.05) is 13.1 Å². The van der Waals surface area contributed by atoms with Crippen molar-refractivity contribution >= 4 is 18.3 Å². The smallest absolute Gasteiger partial charge is 0.272 e. The van der Waals surface area contributed by atoms with Gasteiger partial charge in [-0.15, -0.1) is 12.4 Å². The lowest BCUT2D eigenvalue weighted by molar-refractivity contribution is 0.0907. The quantitative estimate of drug-likeness (QED) is 0.844. The number of piperidine rings is 1. The Bertz CT molecular complexity index is 851. The van der Waals surface area contributed by atoms with Gasteiger partial charge >= 0.3 is 0 Å². The van der Waals surface area contributed by atoms with Gasteiger partial charge in [0.1, 0.15) is 11.5 Å². The van der Waals surface area contributed by atoms with Gasteiger partial charge in [0.15, 0.2) is 5.69 Å². The Morgan fingerprint density at radius 3 is 2.93 bits per heavy atom. The van der Waals surface area contributed by atoms with Crippen LogP contribution < -0.4 is 10.6 Å². The first-order chi connectivity index (χ1) is 12.5. The summed E-state index contributed by atoms with van der Waals surface area (Å²) in [5.74, 6) is -0.0494. The molecule has 2 atom stereocenters. The van der Waals surface area contributed by atoms with E-state index in [2.05, 4.69) is 22.7 Å². The average molecular weight is 393 g/mol. The molecular formula is C20H26ClFN4O. The van der Waals surface area contributed by atoms with Crippen molar-refractivity contribution in [1.29, 1.82) is 0 Å². The van der Waals surface area contributed by atoms with Gasteiger partial charge in [-0.1, -0.05) is 13.0 Å². The standard InChI is InChI=1S/C20H25FN4O.ClH/c1-12-6-7-18(15(21)10-12)25-17-5-3-4-14(17)19(24-25)20(26)23-16-8-9-22-11-13(16)2;/h6-7,10,13,16,22H,3-5,8-9,11H2,1-2H3,(H,23,26);1H. The fraction of sp³-hybridized carbons (Fsp3) is 0.500. The number of aromatic nitrogens is 2. The number of carbonyl (C=O) groups excluding carboxylic acids is 1. The third-order valence-corrected chi connectivity index (χ3v) is 5.58. The molecule has 1 aliphatic heterocycles. The largest absolute Gasteiger partial charge is 0.348 e. The maximum Gasteiger partial charge on any atom is 0.272 e. The number of aryl methyl sites for hydroxylation is 1. The molecule has 2 heterocycles. The molecule has 5 nitrogen and oxygen atoms in total. The molecule has 2 unspecified atom stereocenters.